The average Bonchev–Trinajstić information content (AvgIpc) is 3.53. The second-order valence-electron chi connectivity index (χ2n) is 7.93. The van der Waals surface area contributed by atoms with Gasteiger partial charge in [0.05, 0.1) is 23.3 Å². The molecular weight excluding hydrogens is 449 g/mol. The van der Waals surface area contributed by atoms with Gasteiger partial charge in [-0.3, -0.25) is 4.68 Å². The Morgan fingerprint density at radius 3 is 2.82 bits per heavy atom. The molecule has 0 spiro atoms. The number of anilines is 1. The molecule has 9 heteroatoms. The number of aromatic nitrogens is 5. The van der Waals surface area contributed by atoms with Crippen LogP contribution in [0.15, 0.2) is 67.1 Å². The fraction of sp³-hybridized carbons (Fsp3) is 0.200. The molecule has 2 N–H and O–H groups in total. The Labute approximate surface area is 200 Å². The Morgan fingerprint density at radius 2 is 2.00 bits per heavy atom. The molecule has 0 aliphatic carbocycles. The molecule has 0 bridgehead atoms. The average molecular weight is 474 g/mol. The number of benzene rings is 2. The number of hydrogen-bond donors (Lipinski definition) is 2. The van der Waals surface area contributed by atoms with Gasteiger partial charge in [-0.2, -0.15) is 0 Å². The summed E-state index contributed by atoms with van der Waals surface area (Å²) in [5.74, 6) is 0.318. The predicted octanol–water partition coefficient (Wildman–Crippen LogP) is 5.15. The molecule has 34 heavy (non-hydrogen) atoms. The summed E-state index contributed by atoms with van der Waals surface area (Å²) in [6, 6.07) is 15.3. The highest BCUT2D eigenvalue weighted by Gasteiger charge is 2.16. The van der Waals surface area contributed by atoms with E-state index in [0.717, 1.165) is 37.3 Å². The van der Waals surface area contributed by atoms with Gasteiger partial charge in [0, 0.05) is 29.7 Å². The van der Waals surface area contributed by atoms with E-state index in [1.165, 1.54) is 6.07 Å². The zero-order chi connectivity index (χ0) is 23.5. The number of rotatable bonds is 8. The number of nitrogens with zero attached hydrogens (tertiary/aromatic N) is 5. The fourth-order valence-corrected chi connectivity index (χ4v) is 5.07. The first-order chi connectivity index (χ1) is 16.6. The summed E-state index contributed by atoms with van der Waals surface area (Å²) < 4.78 is 17.1. The highest BCUT2D eigenvalue weighted by molar-refractivity contribution is 7.22. The monoisotopic (exact) mass is 473 g/mol. The third-order valence-corrected chi connectivity index (χ3v) is 6.96. The standard InChI is InChI=1S/C25H24FN7S/c1-16(27-2)19-7-6-18(26)15-21(19)20-5-3-4-17-14-23(34-24(17)20)22-8-9-28-25(31-22)29-10-12-33-13-11-30-32-33/h3-9,11,13-16,27H,10,12H2,1-2H3,(H,28,29,31). The Hall–Kier alpha value is -3.69. The minimum Gasteiger partial charge on any atom is -0.352 e. The highest BCUT2D eigenvalue weighted by atomic mass is 32.1. The molecule has 5 rings (SSSR count). The molecule has 3 aromatic heterocycles. The van der Waals surface area contributed by atoms with Crippen LogP contribution in [0.2, 0.25) is 0 Å². The van der Waals surface area contributed by atoms with Crippen molar-refractivity contribution in [2.24, 2.45) is 0 Å². The highest BCUT2D eigenvalue weighted by Crippen LogP contribution is 2.41. The number of nitrogens with one attached hydrogen (secondary N) is 2. The van der Waals surface area contributed by atoms with Gasteiger partial charge in [-0.15, -0.1) is 16.4 Å². The van der Waals surface area contributed by atoms with Gasteiger partial charge >= 0.3 is 0 Å². The predicted molar refractivity (Wildman–Crippen MR) is 134 cm³/mol. The van der Waals surface area contributed by atoms with Crippen molar-refractivity contribution in [3.8, 4) is 21.7 Å². The van der Waals surface area contributed by atoms with Crippen LogP contribution in [-0.4, -0.2) is 38.6 Å². The molecule has 5 aromatic rings. The van der Waals surface area contributed by atoms with Crippen LogP contribution >= 0.6 is 11.3 Å². The van der Waals surface area contributed by atoms with E-state index in [1.54, 1.807) is 34.5 Å². The van der Waals surface area contributed by atoms with E-state index in [1.807, 2.05) is 31.4 Å². The Balaban J connectivity index is 1.47. The smallest absolute Gasteiger partial charge is 0.223 e. The second kappa shape index (κ2) is 9.66. The lowest BCUT2D eigenvalue weighted by molar-refractivity contribution is 0.607. The van der Waals surface area contributed by atoms with Crippen LogP contribution in [-0.2, 0) is 6.54 Å². The molecule has 0 aliphatic heterocycles. The van der Waals surface area contributed by atoms with Gasteiger partial charge in [0.25, 0.3) is 0 Å². The number of thiophene rings is 1. The van der Waals surface area contributed by atoms with Crippen molar-refractivity contribution in [3.63, 3.8) is 0 Å². The Bertz CT molecular complexity index is 1410. The SMILES string of the molecule is CNC(C)c1ccc(F)cc1-c1cccc2cc(-c3ccnc(NCCn4ccnn4)n3)sc12. The summed E-state index contributed by atoms with van der Waals surface area (Å²) in [6.45, 7) is 3.38. The van der Waals surface area contributed by atoms with Crippen molar-refractivity contribution >= 4 is 27.4 Å². The molecule has 1 unspecified atom stereocenters. The van der Waals surface area contributed by atoms with Crippen molar-refractivity contribution in [3.05, 3.63) is 78.5 Å². The van der Waals surface area contributed by atoms with E-state index in [-0.39, 0.29) is 11.9 Å². The minimum atomic E-state index is -0.242. The summed E-state index contributed by atoms with van der Waals surface area (Å²) >= 11 is 1.65. The van der Waals surface area contributed by atoms with Crippen LogP contribution in [0, 0.1) is 5.82 Å². The Kier molecular flexibility index (Phi) is 6.29. The van der Waals surface area contributed by atoms with Crippen molar-refractivity contribution in [1.29, 1.82) is 0 Å². The van der Waals surface area contributed by atoms with Crippen LogP contribution in [0.3, 0.4) is 0 Å². The van der Waals surface area contributed by atoms with E-state index in [4.69, 9.17) is 4.98 Å². The van der Waals surface area contributed by atoms with Crippen LogP contribution in [0.25, 0.3) is 31.8 Å². The van der Waals surface area contributed by atoms with Gasteiger partial charge in [0.2, 0.25) is 5.95 Å². The first-order valence-electron chi connectivity index (χ1n) is 11.0. The molecule has 1 atom stereocenters. The van der Waals surface area contributed by atoms with E-state index >= 15 is 0 Å². The maximum Gasteiger partial charge on any atom is 0.223 e. The first-order valence-corrected chi connectivity index (χ1v) is 11.8. The number of halogens is 1. The van der Waals surface area contributed by atoms with Crippen molar-refractivity contribution in [2.75, 3.05) is 18.9 Å². The van der Waals surface area contributed by atoms with E-state index < -0.39 is 0 Å². The summed E-state index contributed by atoms with van der Waals surface area (Å²) in [6.07, 6.45) is 5.22. The zero-order valence-electron chi connectivity index (χ0n) is 18.9. The van der Waals surface area contributed by atoms with Gasteiger partial charge in [0.1, 0.15) is 5.82 Å². The van der Waals surface area contributed by atoms with Crippen molar-refractivity contribution in [1.82, 2.24) is 30.3 Å². The van der Waals surface area contributed by atoms with Gasteiger partial charge in [-0.25, -0.2) is 14.4 Å². The molecular formula is C25H24FN7S. The minimum absolute atomic E-state index is 0.0957. The van der Waals surface area contributed by atoms with E-state index in [2.05, 4.69) is 51.1 Å². The topological polar surface area (TPSA) is 80.5 Å². The normalized spacial score (nSPS) is 12.2. The van der Waals surface area contributed by atoms with E-state index in [0.29, 0.717) is 19.0 Å². The molecule has 0 radical (unpaired) electrons. The van der Waals surface area contributed by atoms with Crippen LogP contribution in [0.4, 0.5) is 10.3 Å². The Morgan fingerprint density at radius 1 is 1.09 bits per heavy atom. The lowest BCUT2D eigenvalue weighted by Gasteiger charge is -2.16. The number of hydrogen-bond acceptors (Lipinski definition) is 7. The quantitative estimate of drug-likeness (QED) is 0.325. The van der Waals surface area contributed by atoms with E-state index in [9.17, 15) is 4.39 Å². The van der Waals surface area contributed by atoms with Crippen LogP contribution in [0.5, 0.6) is 0 Å². The molecule has 7 nitrogen and oxygen atoms in total. The summed E-state index contributed by atoms with van der Waals surface area (Å²) in [5, 5.41) is 15.4. The molecule has 2 aromatic carbocycles. The summed E-state index contributed by atoms with van der Waals surface area (Å²) in [5.41, 5.74) is 3.82. The van der Waals surface area contributed by atoms with Gasteiger partial charge in [-0.1, -0.05) is 29.5 Å². The molecule has 0 saturated heterocycles. The maximum absolute atomic E-state index is 14.3. The summed E-state index contributed by atoms with van der Waals surface area (Å²) in [7, 11) is 1.91. The molecule has 0 aliphatic rings. The van der Waals surface area contributed by atoms with Gasteiger partial charge in [-0.05, 0) is 60.3 Å². The second-order valence-corrected chi connectivity index (χ2v) is 8.99. The van der Waals surface area contributed by atoms with Gasteiger partial charge < -0.3 is 10.6 Å². The van der Waals surface area contributed by atoms with Gasteiger partial charge in [0.15, 0.2) is 0 Å². The molecule has 3 heterocycles. The van der Waals surface area contributed by atoms with Crippen LogP contribution < -0.4 is 10.6 Å². The third kappa shape index (κ3) is 4.52. The van der Waals surface area contributed by atoms with Crippen molar-refractivity contribution in [2.45, 2.75) is 19.5 Å². The largest absolute Gasteiger partial charge is 0.352 e. The van der Waals surface area contributed by atoms with Crippen LogP contribution in [0.1, 0.15) is 18.5 Å². The maximum atomic E-state index is 14.3. The lowest BCUT2D eigenvalue weighted by atomic mass is 9.94. The fourth-order valence-electron chi connectivity index (χ4n) is 3.91. The van der Waals surface area contributed by atoms with Crippen molar-refractivity contribution < 1.29 is 4.39 Å². The zero-order valence-corrected chi connectivity index (χ0v) is 19.7. The molecule has 172 valence electrons. The summed E-state index contributed by atoms with van der Waals surface area (Å²) in [4.78, 5) is 10.1. The molecule has 0 amide bonds. The lowest BCUT2D eigenvalue weighted by Crippen LogP contribution is -2.13. The first kappa shape index (κ1) is 22.1. The molecule has 0 fully saturated rings. The third-order valence-electron chi connectivity index (χ3n) is 5.75. The molecule has 0 saturated carbocycles. The number of fused-ring (bicyclic) bond motifs is 1.